The first-order valence-electron chi connectivity index (χ1n) is 7.65. The van der Waals surface area contributed by atoms with Crippen LogP contribution in [0.15, 0.2) is 48.5 Å². The lowest BCUT2D eigenvalue weighted by Gasteiger charge is -2.08. The van der Waals surface area contributed by atoms with Crippen molar-refractivity contribution in [3.63, 3.8) is 0 Å². The average molecular weight is 357 g/mol. The third kappa shape index (κ3) is 4.60. The van der Waals surface area contributed by atoms with Crippen molar-refractivity contribution in [1.82, 2.24) is 14.1 Å². The van der Waals surface area contributed by atoms with Gasteiger partial charge in [-0.25, -0.2) is 4.39 Å². The van der Waals surface area contributed by atoms with E-state index >= 15 is 0 Å². The third-order valence-electron chi connectivity index (χ3n) is 3.58. The van der Waals surface area contributed by atoms with Gasteiger partial charge in [0.15, 0.2) is 0 Å². The molecule has 0 unspecified atom stereocenters. The zero-order valence-electron chi connectivity index (χ0n) is 13.5. The summed E-state index contributed by atoms with van der Waals surface area (Å²) < 4.78 is 27.0. The number of benzene rings is 2. The van der Waals surface area contributed by atoms with Crippen LogP contribution in [-0.2, 0) is 13.2 Å². The summed E-state index contributed by atoms with van der Waals surface area (Å²) in [5.41, 5.74) is 2.89. The second-order valence-corrected chi connectivity index (χ2v) is 5.95. The first-order valence-corrected chi connectivity index (χ1v) is 8.38. The van der Waals surface area contributed by atoms with Crippen LogP contribution in [0.1, 0.15) is 27.3 Å². The van der Waals surface area contributed by atoms with Crippen LogP contribution in [0.2, 0.25) is 0 Å². The Hall–Kier alpha value is -2.80. The first-order chi connectivity index (χ1) is 12.1. The second-order valence-electron chi connectivity index (χ2n) is 5.42. The zero-order chi connectivity index (χ0) is 17.6. The van der Waals surface area contributed by atoms with Gasteiger partial charge >= 0.3 is 0 Å². The highest BCUT2D eigenvalue weighted by Gasteiger charge is 2.07. The molecule has 7 heteroatoms. The van der Waals surface area contributed by atoms with Crippen LogP contribution in [-0.4, -0.2) is 14.7 Å². The number of nitrogens with one attached hydrogen (secondary N) is 1. The Morgan fingerprint density at radius 2 is 2.00 bits per heavy atom. The summed E-state index contributed by atoms with van der Waals surface area (Å²) >= 11 is 1.16. The van der Waals surface area contributed by atoms with E-state index in [0.717, 1.165) is 23.1 Å². The van der Waals surface area contributed by atoms with Gasteiger partial charge < -0.3 is 10.1 Å². The molecule has 0 fully saturated rings. The Morgan fingerprint density at radius 3 is 2.68 bits per heavy atom. The van der Waals surface area contributed by atoms with Gasteiger partial charge in [-0.2, -0.15) is 8.75 Å². The molecule has 128 valence electrons. The summed E-state index contributed by atoms with van der Waals surface area (Å²) in [6.07, 6.45) is 0. The van der Waals surface area contributed by atoms with E-state index in [1.165, 1.54) is 12.1 Å². The highest BCUT2D eigenvalue weighted by molar-refractivity contribution is 6.99. The fourth-order valence-corrected chi connectivity index (χ4v) is 2.72. The number of hydrogen-bond acceptors (Lipinski definition) is 5. The van der Waals surface area contributed by atoms with Gasteiger partial charge in [0.25, 0.3) is 5.91 Å². The van der Waals surface area contributed by atoms with Crippen LogP contribution < -0.4 is 10.1 Å². The molecule has 3 rings (SSSR count). The highest BCUT2D eigenvalue weighted by Crippen LogP contribution is 2.15. The van der Waals surface area contributed by atoms with Crippen molar-refractivity contribution < 1.29 is 13.9 Å². The van der Waals surface area contributed by atoms with Crippen LogP contribution in [0.5, 0.6) is 5.75 Å². The molecule has 1 aromatic heterocycles. The molecule has 0 saturated heterocycles. The van der Waals surface area contributed by atoms with Crippen LogP contribution in [0.3, 0.4) is 0 Å². The van der Waals surface area contributed by atoms with Gasteiger partial charge in [0.05, 0.1) is 17.4 Å². The van der Waals surface area contributed by atoms with Gasteiger partial charge in [0.2, 0.25) is 0 Å². The molecule has 2 aromatic carbocycles. The maximum Gasteiger partial charge on any atom is 0.251 e. The minimum Gasteiger partial charge on any atom is -0.487 e. The number of ether oxygens (including phenoxy) is 1. The van der Waals surface area contributed by atoms with E-state index in [0.29, 0.717) is 23.5 Å². The topological polar surface area (TPSA) is 64.1 Å². The Bertz CT molecular complexity index is 865. The Balaban J connectivity index is 1.54. The number of aromatic nitrogens is 2. The van der Waals surface area contributed by atoms with Crippen molar-refractivity contribution >= 4 is 17.6 Å². The summed E-state index contributed by atoms with van der Waals surface area (Å²) in [4.78, 5) is 12.1. The predicted octanol–water partition coefficient (Wildman–Crippen LogP) is 3.49. The maximum absolute atomic E-state index is 13.1. The second kappa shape index (κ2) is 7.85. The minimum atomic E-state index is -0.321. The zero-order valence-corrected chi connectivity index (χ0v) is 14.3. The van der Waals surface area contributed by atoms with Crippen molar-refractivity contribution in [3.05, 3.63) is 76.9 Å². The molecule has 0 aliphatic carbocycles. The SMILES string of the molecule is Cc1nsnc1COc1ccc(C(=O)NCc2cccc(F)c2)cc1. The molecular weight excluding hydrogens is 341 g/mol. The van der Waals surface area contributed by atoms with Gasteiger partial charge in [0, 0.05) is 12.1 Å². The number of aryl methyl sites for hydroxylation is 1. The largest absolute Gasteiger partial charge is 0.487 e. The number of carbonyl (C=O) groups excluding carboxylic acids is 1. The molecule has 0 spiro atoms. The van der Waals surface area contributed by atoms with Crippen molar-refractivity contribution in [2.24, 2.45) is 0 Å². The molecule has 25 heavy (non-hydrogen) atoms. The van der Waals surface area contributed by atoms with Crippen molar-refractivity contribution in [2.75, 3.05) is 0 Å². The highest BCUT2D eigenvalue weighted by atomic mass is 32.1. The van der Waals surface area contributed by atoms with Crippen LogP contribution in [0.4, 0.5) is 4.39 Å². The molecule has 0 aliphatic heterocycles. The number of nitrogens with zero attached hydrogens (tertiary/aromatic N) is 2. The smallest absolute Gasteiger partial charge is 0.251 e. The molecule has 3 aromatic rings. The van der Waals surface area contributed by atoms with E-state index in [2.05, 4.69) is 14.1 Å². The molecule has 0 saturated carbocycles. The molecule has 0 atom stereocenters. The molecule has 0 radical (unpaired) electrons. The molecule has 0 bridgehead atoms. The molecule has 0 aliphatic rings. The summed E-state index contributed by atoms with van der Waals surface area (Å²) in [7, 11) is 0. The monoisotopic (exact) mass is 357 g/mol. The van der Waals surface area contributed by atoms with Gasteiger partial charge in [-0.15, -0.1) is 0 Å². The predicted molar refractivity (Wildman–Crippen MR) is 93.0 cm³/mol. The summed E-state index contributed by atoms with van der Waals surface area (Å²) in [6, 6.07) is 13.0. The number of halogens is 1. The van der Waals surface area contributed by atoms with Crippen LogP contribution in [0.25, 0.3) is 0 Å². The fraction of sp³-hybridized carbons (Fsp3) is 0.167. The minimum absolute atomic E-state index is 0.227. The number of amides is 1. The molecule has 1 heterocycles. The fourth-order valence-electron chi connectivity index (χ4n) is 2.17. The molecule has 1 amide bonds. The van der Waals surface area contributed by atoms with Gasteiger partial charge in [0.1, 0.15) is 23.9 Å². The van der Waals surface area contributed by atoms with E-state index in [4.69, 9.17) is 4.74 Å². The van der Waals surface area contributed by atoms with Crippen LogP contribution in [0, 0.1) is 12.7 Å². The maximum atomic E-state index is 13.1. The molecule has 5 nitrogen and oxygen atoms in total. The lowest BCUT2D eigenvalue weighted by Crippen LogP contribution is -2.22. The Morgan fingerprint density at radius 1 is 1.20 bits per heavy atom. The van der Waals surface area contributed by atoms with E-state index in [-0.39, 0.29) is 18.3 Å². The molecule has 1 N–H and O–H groups in total. The quantitative estimate of drug-likeness (QED) is 0.733. The van der Waals surface area contributed by atoms with E-state index in [9.17, 15) is 9.18 Å². The van der Waals surface area contributed by atoms with E-state index in [1.54, 1.807) is 36.4 Å². The Labute approximate surface area is 148 Å². The van der Waals surface area contributed by atoms with E-state index < -0.39 is 0 Å². The summed E-state index contributed by atoms with van der Waals surface area (Å²) in [5.74, 6) is 0.100. The lowest BCUT2D eigenvalue weighted by molar-refractivity contribution is 0.0951. The van der Waals surface area contributed by atoms with Gasteiger partial charge in [-0.05, 0) is 48.9 Å². The standard InChI is InChI=1S/C18H16FN3O2S/c1-12-17(22-25-21-12)11-24-16-7-5-14(6-8-16)18(23)20-10-13-3-2-4-15(19)9-13/h2-9H,10-11H2,1H3,(H,20,23). The summed E-state index contributed by atoms with van der Waals surface area (Å²) in [6.45, 7) is 2.49. The summed E-state index contributed by atoms with van der Waals surface area (Å²) in [5, 5.41) is 2.76. The first kappa shape index (κ1) is 17.0. The molecular formula is C18H16FN3O2S. The third-order valence-corrected chi connectivity index (χ3v) is 4.24. The normalized spacial score (nSPS) is 10.5. The van der Waals surface area contributed by atoms with Crippen molar-refractivity contribution in [3.8, 4) is 5.75 Å². The van der Waals surface area contributed by atoms with Crippen LogP contribution >= 0.6 is 11.7 Å². The number of hydrogen-bond donors (Lipinski definition) is 1. The number of rotatable bonds is 6. The Kier molecular flexibility index (Phi) is 5.35. The lowest BCUT2D eigenvalue weighted by atomic mass is 10.2. The van der Waals surface area contributed by atoms with Gasteiger partial charge in [-0.1, -0.05) is 12.1 Å². The van der Waals surface area contributed by atoms with Gasteiger partial charge in [-0.3, -0.25) is 4.79 Å². The average Bonchev–Trinajstić information content (AvgIpc) is 3.03. The van der Waals surface area contributed by atoms with Crippen molar-refractivity contribution in [2.45, 2.75) is 20.1 Å². The van der Waals surface area contributed by atoms with Crippen molar-refractivity contribution in [1.29, 1.82) is 0 Å². The van der Waals surface area contributed by atoms with E-state index in [1.807, 2.05) is 6.92 Å². The number of carbonyl (C=O) groups is 1.